The van der Waals surface area contributed by atoms with Crippen LogP contribution in [0.15, 0.2) is 55.1 Å². The molecule has 4 rings (SSSR count). The molecule has 0 aromatic heterocycles. The Labute approximate surface area is 207 Å². The fourth-order valence-corrected chi connectivity index (χ4v) is 4.96. The Bertz CT molecular complexity index is 1120. The molecule has 2 heterocycles. The van der Waals surface area contributed by atoms with E-state index in [0.29, 0.717) is 18.5 Å². The summed E-state index contributed by atoms with van der Waals surface area (Å²) in [5.41, 5.74) is 5.38. The highest BCUT2D eigenvalue weighted by molar-refractivity contribution is 6.05. The first-order valence-corrected chi connectivity index (χ1v) is 12.5. The first-order chi connectivity index (χ1) is 16.8. The highest BCUT2D eigenvalue weighted by Gasteiger charge is 2.39. The van der Waals surface area contributed by atoms with E-state index in [0.717, 1.165) is 43.4 Å². The third-order valence-corrected chi connectivity index (χ3v) is 7.48. The van der Waals surface area contributed by atoms with E-state index in [-0.39, 0.29) is 29.7 Å². The van der Waals surface area contributed by atoms with Crippen LogP contribution in [-0.4, -0.2) is 34.2 Å². The molecule has 3 amide bonds. The van der Waals surface area contributed by atoms with E-state index in [9.17, 15) is 14.4 Å². The normalized spacial score (nSPS) is 19.3. The number of nitrogens with zero attached hydrogens (tertiary/aromatic N) is 1. The first kappa shape index (κ1) is 24.9. The van der Waals surface area contributed by atoms with Crippen molar-refractivity contribution in [2.24, 2.45) is 0 Å². The van der Waals surface area contributed by atoms with Gasteiger partial charge >= 0.3 is 0 Å². The predicted molar refractivity (Wildman–Crippen MR) is 137 cm³/mol. The van der Waals surface area contributed by atoms with Crippen molar-refractivity contribution in [2.45, 2.75) is 77.0 Å². The average Bonchev–Trinajstić information content (AvgIpc) is 3.19. The van der Waals surface area contributed by atoms with Crippen molar-refractivity contribution in [3.8, 4) is 0 Å². The van der Waals surface area contributed by atoms with E-state index in [1.165, 1.54) is 11.1 Å². The largest absolute Gasteiger partial charge is 0.322 e. The van der Waals surface area contributed by atoms with Gasteiger partial charge in [0.1, 0.15) is 6.04 Å². The minimum Gasteiger partial charge on any atom is -0.322 e. The summed E-state index contributed by atoms with van der Waals surface area (Å²) < 4.78 is 0. The van der Waals surface area contributed by atoms with Gasteiger partial charge in [0.2, 0.25) is 11.8 Å². The number of benzene rings is 2. The lowest BCUT2D eigenvalue weighted by Crippen LogP contribution is -2.52. The fraction of sp³-hybridized carbons (Fsp3) is 0.414. The van der Waals surface area contributed by atoms with Crippen LogP contribution in [0.25, 0.3) is 0 Å². The summed E-state index contributed by atoms with van der Waals surface area (Å²) in [6, 6.07) is 14.0. The molecule has 0 spiro atoms. The standard InChI is InChI=1S/C29H35N3O3/c1-4-17-29(3,5-2)30-18-21-11-9-20(10-12-21)13-14-22-7-6-8-23-24(22)19-32(28(23)35)25-15-16-26(33)31-27(25)34/h4,6-12,25,30H,1,5,13-19H2,2-3H3,(H,31,33,34). The molecule has 2 aliphatic rings. The van der Waals surface area contributed by atoms with Crippen molar-refractivity contribution in [2.75, 3.05) is 0 Å². The van der Waals surface area contributed by atoms with Crippen LogP contribution in [0.1, 0.15) is 72.1 Å². The first-order valence-electron chi connectivity index (χ1n) is 12.5. The second-order valence-corrected chi connectivity index (χ2v) is 9.92. The number of aryl methyl sites for hydroxylation is 2. The number of amides is 3. The van der Waals surface area contributed by atoms with Gasteiger partial charge < -0.3 is 10.2 Å². The van der Waals surface area contributed by atoms with Gasteiger partial charge in [0.15, 0.2) is 0 Å². The number of hydrogen-bond donors (Lipinski definition) is 2. The molecule has 0 saturated carbocycles. The van der Waals surface area contributed by atoms with Crippen LogP contribution in [0.3, 0.4) is 0 Å². The Hall–Kier alpha value is -3.25. The number of rotatable bonds is 10. The van der Waals surface area contributed by atoms with Crippen LogP contribution in [0.2, 0.25) is 0 Å². The zero-order valence-electron chi connectivity index (χ0n) is 20.7. The van der Waals surface area contributed by atoms with Gasteiger partial charge in [0, 0.05) is 30.6 Å². The van der Waals surface area contributed by atoms with Crippen molar-refractivity contribution in [1.82, 2.24) is 15.5 Å². The summed E-state index contributed by atoms with van der Waals surface area (Å²) in [6.07, 6.45) is 6.29. The molecular formula is C29H35N3O3. The number of fused-ring (bicyclic) bond motifs is 1. The van der Waals surface area contributed by atoms with Gasteiger partial charge in [0.05, 0.1) is 0 Å². The number of nitrogens with one attached hydrogen (secondary N) is 2. The highest BCUT2D eigenvalue weighted by atomic mass is 16.2. The molecule has 1 fully saturated rings. The number of hydrogen-bond acceptors (Lipinski definition) is 4. The lowest BCUT2D eigenvalue weighted by Gasteiger charge is -2.29. The molecule has 0 aliphatic carbocycles. The van der Waals surface area contributed by atoms with Crippen molar-refractivity contribution in [3.05, 3.63) is 82.9 Å². The van der Waals surface area contributed by atoms with Crippen molar-refractivity contribution in [3.63, 3.8) is 0 Å². The quantitative estimate of drug-likeness (QED) is 0.403. The molecule has 0 bridgehead atoms. The van der Waals surface area contributed by atoms with Gasteiger partial charge in [-0.2, -0.15) is 0 Å². The third-order valence-electron chi connectivity index (χ3n) is 7.48. The summed E-state index contributed by atoms with van der Waals surface area (Å²) in [4.78, 5) is 38.5. The Morgan fingerprint density at radius 2 is 1.86 bits per heavy atom. The molecular weight excluding hydrogens is 438 g/mol. The molecule has 2 aromatic rings. The lowest BCUT2D eigenvalue weighted by atomic mass is 9.94. The van der Waals surface area contributed by atoms with Crippen molar-refractivity contribution >= 4 is 17.7 Å². The Kier molecular flexibility index (Phi) is 7.51. The maximum atomic E-state index is 13.0. The second-order valence-electron chi connectivity index (χ2n) is 9.92. The molecule has 2 unspecified atom stereocenters. The number of piperidine rings is 1. The highest BCUT2D eigenvalue weighted by Crippen LogP contribution is 2.30. The van der Waals surface area contributed by atoms with E-state index >= 15 is 0 Å². The maximum absolute atomic E-state index is 13.0. The van der Waals surface area contributed by atoms with Crippen molar-refractivity contribution < 1.29 is 14.4 Å². The van der Waals surface area contributed by atoms with Gasteiger partial charge in [-0.05, 0) is 67.3 Å². The fourth-order valence-electron chi connectivity index (χ4n) is 4.96. The molecule has 0 radical (unpaired) electrons. The Balaban J connectivity index is 1.38. The van der Waals surface area contributed by atoms with E-state index in [1.54, 1.807) is 4.90 Å². The minimum absolute atomic E-state index is 0.0628. The van der Waals surface area contributed by atoms with Crippen LogP contribution in [0, 0.1) is 0 Å². The molecule has 35 heavy (non-hydrogen) atoms. The zero-order chi connectivity index (χ0) is 25.0. The minimum atomic E-state index is -0.581. The molecule has 2 aliphatic heterocycles. The molecule has 2 N–H and O–H groups in total. The van der Waals surface area contributed by atoms with E-state index in [4.69, 9.17) is 0 Å². The van der Waals surface area contributed by atoms with Crippen LogP contribution < -0.4 is 10.6 Å². The summed E-state index contributed by atoms with van der Waals surface area (Å²) in [6.45, 7) is 9.54. The molecule has 184 valence electrons. The zero-order valence-corrected chi connectivity index (χ0v) is 20.7. The molecule has 1 saturated heterocycles. The number of imide groups is 1. The van der Waals surface area contributed by atoms with Crippen LogP contribution >= 0.6 is 0 Å². The van der Waals surface area contributed by atoms with Crippen LogP contribution in [-0.2, 0) is 35.5 Å². The van der Waals surface area contributed by atoms with E-state index < -0.39 is 6.04 Å². The summed E-state index contributed by atoms with van der Waals surface area (Å²) in [5.74, 6) is -0.764. The van der Waals surface area contributed by atoms with Crippen LogP contribution in [0.4, 0.5) is 0 Å². The second kappa shape index (κ2) is 10.6. The predicted octanol–water partition coefficient (Wildman–Crippen LogP) is 4.07. The van der Waals surface area contributed by atoms with Gasteiger partial charge in [-0.1, -0.05) is 49.4 Å². The molecule has 6 nitrogen and oxygen atoms in total. The topological polar surface area (TPSA) is 78.5 Å². The van der Waals surface area contributed by atoms with Crippen molar-refractivity contribution in [1.29, 1.82) is 0 Å². The number of carbonyl (C=O) groups is 3. The summed E-state index contributed by atoms with van der Waals surface area (Å²) >= 11 is 0. The average molecular weight is 474 g/mol. The molecule has 2 atom stereocenters. The molecule has 6 heteroatoms. The molecule has 2 aromatic carbocycles. The SMILES string of the molecule is C=CCC(C)(CC)NCc1ccc(CCc2cccc3c2CN(C2CCC(=O)NC2=O)C3=O)cc1. The van der Waals surface area contributed by atoms with Gasteiger partial charge in [-0.15, -0.1) is 6.58 Å². The van der Waals surface area contributed by atoms with E-state index in [2.05, 4.69) is 61.4 Å². The smallest absolute Gasteiger partial charge is 0.255 e. The number of carbonyl (C=O) groups excluding carboxylic acids is 3. The third kappa shape index (κ3) is 5.54. The maximum Gasteiger partial charge on any atom is 0.255 e. The monoisotopic (exact) mass is 473 g/mol. The van der Waals surface area contributed by atoms with Gasteiger partial charge in [-0.25, -0.2) is 0 Å². The summed E-state index contributed by atoms with van der Waals surface area (Å²) in [7, 11) is 0. The summed E-state index contributed by atoms with van der Waals surface area (Å²) in [5, 5.41) is 6.02. The lowest BCUT2D eigenvalue weighted by molar-refractivity contribution is -0.136. The van der Waals surface area contributed by atoms with Gasteiger partial charge in [0.25, 0.3) is 5.91 Å². The van der Waals surface area contributed by atoms with Gasteiger partial charge in [-0.3, -0.25) is 19.7 Å². The van der Waals surface area contributed by atoms with E-state index in [1.807, 2.05) is 18.2 Å². The Morgan fingerprint density at radius 1 is 1.11 bits per heavy atom. The van der Waals surface area contributed by atoms with Crippen LogP contribution in [0.5, 0.6) is 0 Å². The Morgan fingerprint density at radius 3 is 2.54 bits per heavy atom.